The third-order valence-electron chi connectivity index (χ3n) is 5.40. The van der Waals surface area contributed by atoms with Gasteiger partial charge in [0.1, 0.15) is 0 Å². The number of nitrogens with zero attached hydrogens (tertiary/aromatic N) is 2. The van der Waals surface area contributed by atoms with Crippen molar-refractivity contribution in [3.63, 3.8) is 0 Å². The highest BCUT2D eigenvalue weighted by atomic mass is 35.5. The van der Waals surface area contributed by atoms with Crippen molar-refractivity contribution in [1.82, 2.24) is 9.47 Å². The largest absolute Gasteiger partial charge is 0.385 e. The van der Waals surface area contributed by atoms with Crippen LogP contribution in [0.15, 0.2) is 60.8 Å². The van der Waals surface area contributed by atoms with Crippen molar-refractivity contribution in [2.45, 2.75) is 33.4 Å². The van der Waals surface area contributed by atoms with Gasteiger partial charge in [-0.15, -0.1) is 0 Å². The summed E-state index contributed by atoms with van der Waals surface area (Å²) >= 11 is 6.35. The van der Waals surface area contributed by atoms with E-state index in [1.54, 1.807) is 7.11 Å². The van der Waals surface area contributed by atoms with Crippen molar-refractivity contribution < 1.29 is 9.53 Å². The van der Waals surface area contributed by atoms with Gasteiger partial charge in [0.05, 0.1) is 6.54 Å². The molecule has 2 aromatic carbocycles. The predicted octanol–water partition coefficient (Wildman–Crippen LogP) is 5.88. The fourth-order valence-electron chi connectivity index (χ4n) is 3.43. The third-order valence-corrected chi connectivity index (χ3v) is 5.77. The maximum atomic E-state index is 13.1. The molecule has 3 aromatic rings. The molecule has 1 aromatic heterocycles. The topological polar surface area (TPSA) is 46.5 Å². The van der Waals surface area contributed by atoms with Crippen molar-refractivity contribution in [1.29, 1.82) is 0 Å². The van der Waals surface area contributed by atoms with Crippen LogP contribution in [0.4, 0.5) is 10.5 Å². The summed E-state index contributed by atoms with van der Waals surface area (Å²) in [5.41, 5.74) is 5.25. The summed E-state index contributed by atoms with van der Waals surface area (Å²) in [4.78, 5) is 14.9. The van der Waals surface area contributed by atoms with Gasteiger partial charge in [-0.25, -0.2) is 4.79 Å². The summed E-state index contributed by atoms with van der Waals surface area (Å²) in [6.45, 7) is 6.47. The minimum Gasteiger partial charge on any atom is -0.385 e. The smallest absolute Gasteiger partial charge is 0.322 e. The van der Waals surface area contributed by atoms with E-state index in [1.165, 1.54) is 5.56 Å². The zero-order chi connectivity index (χ0) is 22.2. The van der Waals surface area contributed by atoms with Crippen molar-refractivity contribution >= 4 is 23.3 Å². The molecule has 6 heteroatoms. The first-order valence-corrected chi connectivity index (χ1v) is 10.8. The summed E-state index contributed by atoms with van der Waals surface area (Å²) in [7, 11) is 1.67. The standard InChI is InChI=1S/C25H30ClN3O2/c1-19-11-12-22(16-20(19)2)27-25(30)29(14-7-15-31-3)18-23-9-6-13-28(23)17-21-8-4-5-10-24(21)26/h4-6,8-13,16H,7,14-15,17-18H2,1-3H3,(H,27,30). The Morgan fingerprint density at radius 1 is 1.10 bits per heavy atom. The van der Waals surface area contributed by atoms with Crippen LogP contribution >= 0.6 is 11.6 Å². The third kappa shape index (κ3) is 6.36. The molecule has 31 heavy (non-hydrogen) atoms. The summed E-state index contributed by atoms with van der Waals surface area (Å²) in [6.07, 6.45) is 2.79. The summed E-state index contributed by atoms with van der Waals surface area (Å²) < 4.78 is 7.32. The lowest BCUT2D eigenvalue weighted by molar-refractivity contribution is 0.171. The number of urea groups is 1. The highest BCUT2D eigenvalue weighted by Crippen LogP contribution is 2.19. The first-order chi connectivity index (χ1) is 15.0. The fourth-order valence-corrected chi connectivity index (χ4v) is 3.62. The molecule has 0 bridgehead atoms. The van der Waals surface area contributed by atoms with Gasteiger partial charge in [-0.05, 0) is 67.3 Å². The first-order valence-electron chi connectivity index (χ1n) is 10.5. The van der Waals surface area contributed by atoms with Crippen molar-refractivity contribution in [2.24, 2.45) is 0 Å². The van der Waals surface area contributed by atoms with Gasteiger partial charge in [0.25, 0.3) is 0 Å². The van der Waals surface area contributed by atoms with Gasteiger partial charge in [-0.2, -0.15) is 0 Å². The zero-order valence-electron chi connectivity index (χ0n) is 18.4. The van der Waals surface area contributed by atoms with Crippen LogP contribution in [0.2, 0.25) is 5.02 Å². The molecule has 0 aliphatic carbocycles. The average molecular weight is 440 g/mol. The van der Waals surface area contributed by atoms with Gasteiger partial charge in [0.2, 0.25) is 0 Å². The van der Waals surface area contributed by atoms with Gasteiger partial charge < -0.3 is 19.5 Å². The summed E-state index contributed by atoms with van der Waals surface area (Å²) in [6, 6.07) is 17.7. The number of hydrogen-bond donors (Lipinski definition) is 1. The molecule has 2 amide bonds. The number of carbonyl (C=O) groups is 1. The number of halogens is 1. The second kappa shape index (κ2) is 11.0. The molecule has 164 valence electrons. The maximum Gasteiger partial charge on any atom is 0.322 e. The van der Waals surface area contributed by atoms with Gasteiger partial charge in [0.15, 0.2) is 0 Å². The average Bonchev–Trinajstić information content (AvgIpc) is 3.18. The Kier molecular flexibility index (Phi) is 8.15. The number of anilines is 1. The molecule has 1 N–H and O–H groups in total. The number of carbonyl (C=O) groups excluding carboxylic acids is 1. The normalized spacial score (nSPS) is 10.8. The van der Waals surface area contributed by atoms with Crippen LogP contribution in [0.3, 0.4) is 0 Å². The molecule has 0 aliphatic rings. The van der Waals surface area contributed by atoms with E-state index < -0.39 is 0 Å². The molecule has 0 radical (unpaired) electrons. The number of amides is 2. The Balaban J connectivity index is 1.75. The number of benzene rings is 2. The number of rotatable bonds is 9. The number of hydrogen-bond acceptors (Lipinski definition) is 2. The molecule has 0 fully saturated rings. The lowest BCUT2D eigenvalue weighted by Crippen LogP contribution is -2.36. The van der Waals surface area contributed by atoms with E-state index in [9.17, 15) is 4.79 Å². The highest BCUT2D eigenvalue weighted by molar-refractivity contribution is 6.31. The summed E-state index contributed by atoms with van der Waals surface area (Å²) in [5.74, 6) is 0. The van der Waals surface area contributed by atoms with Crippen LogP contribution in [0, 0.1) is 13.8 Å². The lowest BCUT2D eigenvalue weighted by Gasteiger charge is -2.24. The molecule has 0 atom stereocenters. The van der Waals surface area contributed by atoms with Gasteiger partial charge in [-0.1, -0.05) is 35.9 Å². The van der Waals surface area contributed by atoms with Crippen LogP contribution in [-0.4, -0.2) is 35.8 Å². The van der Waals surface area contributed by atoms with Crippen molar-refractivity contribution in [2.75, 3.05) is 25.6 Å². The maximum absolute atomic E-state index is 13.1. The molecule has 0 saturated heterocycles. The van der Waals surface area contributed by atoms with Crippen molar-refractivity contribution in [3.8, 4) is 0 Å². The molecular formula is C25H30ClN3O2. The van der Waals surface area contributed by atoms with E-state index in [0.29, 0.717) is 26.2 Å². The second-order valence-electron chi connectivity index (χ2n) is 7.72. The number of aryl methyl sites for hydroxylation is 2. The summed E-state index contributed by atoms with van der Waals surface area (Å²) in [5, 5.41) is 3.79. The molecular weight excluding hydrogens is 410 g/mol. The van der Waals surface area contributed by atoms with Crippen molar-refractivity contribution in [3.05, 3.63) is 88.2 Å². The number of nitrogens with one attached hydrogen (secondary N) is 1. The van der Waals surface area contributed by atoms with E-state index in [1.807, 2.05) is 72.6 Å². The van der Waals surface area contributed by atoms with E-state index in [4.69, 9.17) is 16.3 Å². The number of ether oxygens (including phenoxy) is 1. The minimum atomic E-state index is -0.121. The highest BCUT2D eigenvalue weighted by Gasteiger charge is 2.16. The van der Waals surface area contributed by atoms with Crippen LogP contribution in [0.1, 0.15) is 28.8 Å². The Labute approximate surface area is 189 Å². The molecule has 1 heterocycles. The van der Waals surface area contributed by atoms with Gasteiger partial charge >= 0.3 is 6.03 Å². The lowest BCUT2D eigenvalue weighted by atomic mass is 10.1. The van der Waals surface area contributed by atoms with Crippen LogP contribution in [0.25, 0.3) is 0 Å². The van der Waals surface area contributed by atoms with Gasteiger partial charge in [-0.3, -0.25) is 0 Å². The van der Waals surface area contributed by atoms with Crippen LogP contribution in [0.5, 0.6) is 0 Å². The Morgan fingerprint density at radius 3 is 2.65 bits per heavy atom. The molecule has 0 spiro atoms. The van der Waals surface area contributed by atoms with E-state index in [0.717, 1.165) is 34.0 Å². The van der Waals surface area contributed by atoms with Crippen LogP contribution in [-0.2, 0) is 17.8 Å². The number of aromatic nitrogens is 1. The number of methoxy groups -OCH3 is 1. The monoisotopic (exact) mass is 439 g/mol. The molecule has 5 nitrogen and oxygen atoms in total. The minimum absolute atomic E-state index is 0.121. The molecule has 0 unspecified atom stereocenters. The SMILES string of the molecule is COCCCN(Cc1cccn1Cc1ccccc1Cl)C(=O)Nc1ccc(C)c(C)c1. The quantitative estimate of drug-likeness (QED) is 0.423. The van der Waals surface area contributed by atoms with E-state index >= 15 is 0 Å². The molecule has 0 saturated carbocycles. The van der Waals surface area contributed by atoms with E-state index in [-0.39, 0.29) is 6.03 Å². The second-order valence-corrected chi connectivity index (χ2v) is 8.12. The molecule has 3 rings (SSSR count). The van der Waals surface area contributed by atoms with Crippen LogP contribution < -0.4 is 5.32 Å². The Hall–Kier alpha value is -2.76. The van der Waals surface area contributed by atoms with Gasteiger partial charge in [0, 0.05) is 49.4 Å². The van der Waals surface area contributed by atoms with E-state index in [2.05, 4.69) is 16.8 Å². The predicted molar refractivity (Wildman–Crippen MR) is 127 cm³/mol. The molecule has 0 aliphatic heterocycles. The fraction of sp³-hybridized carbons (Fsp3) is 0.320. The zero-order valence-corrected chi connectivity index (χ0v) is 19.2. The Morgan fingerprint density at radius 2 is 1.90 bits per heavy atom. The Bertz CT molecular complexity index is 1020. The first kappa shape index (κ1) is 22.9.